The predicted octanol–water partition coefficient (Wildman–Crippen LogP) is 5.87. The van der Waals surface area contributed by atoms with Gasteiger partial charge in [0.15, 0.2) is 9.84 Å². The quantitative estimate of drug-likeness (QED) is 0.398. The van der Waals surface area contributed by atoms with Crippen LogP contribution in [0.2, 0.25) is 5.02 Å². The third kappa shape index (κ3) is 5.94. The summed E-state index contributed by atoms with van der Waals surface area (Å²) in [5.74, 6) is -0.149. The average Bonchev–Trinajstić information content (AvgIpc) is 2.67. The number of carbonyl (C=O) groups excluding carboxylic acids is 1. The van der Waals surface area contributed by atoms with Gasteiger partial charge in [0.05, 0.1) is 10.6 Å². The van der Waals surface area contributed by atoms with Crippen molar-refractivity contribution in [2.24, 2.45) is 0 Å². The molecular formula is C21H18ClIN2O3S. The smallest absolute Gasteiger partial charge is 0.308 e. The van der Waals surface area contributed by atoms with Crippen molar-refractivity contribution in [1.29, 1.82) is 0 Å². The van der Waals surface area contributed by atoms with Gasteiger partial charge < -0.3 is 10.6 Å². The fourth-order valence-corrected chi connectivity index (χ4v) is 4.85. The van der Waals surface area contributed by atoms with Gasteiger partial charge in [0.1, 0.15) is 0 Å². The third-order valence-corrected chi connectivity index (χ3v) is 6.95. The molecule has 2 N–H and O–H groups in total. The Morgan fingerprint density at radius 2 is 1.52 bits per heavy atom. The van der Waals surface area contributed by atoms with Crippen LogP contribution in [0.25, 0.3) is 0 Å². The largest absolute Gasteiger partial charge is 0.323 e. The number of carbonyl (C=O) groups is 1. The van der Waals surface area contributed by atoms with E-state index >= 15 is 0 Å². The van der Waals surface area contributed by atoms with E-state index in [4.69, 9.17) is 11.6 Å². The second kappa shape index (κ2) is 9.15. The van der Waals surface area contributed by atoms with Gasteiger partial charge in [-0.05, 0) is 89.2 Å². The zero-order valence-electron chi connectivity index (χ0n) is 15.4. The maximum absolute atomic E-state index is 12.9. The van der Waals surface area contributed by atoms with Gasteiger partial charge in [0.2, 0.25) is 0 Å². The Bertz CT molecular complexity index is 1130. The lowest BCUT2D eigenvalue weighted by molar-refractivity contribution is 0.262. The van der Waals surface area contributed by atoms with Crippen LogP contribution in [-0.4, -0.2) is 14.4 Å². The number of nitrogens with one attached hydrogen (secondary N) is 2. The number of hydrogen-bond acceptors (Lipinski definition) is 3. The highest BCUT2D eigenvalue weighted by molar-refractivity contribution is 14.1. The molecule has 5 nitrogen and oxygen atoms in total. The van der Waals surface area contributed by atoms with Gasteiger partial charge in [-0.1, -0.05) is 29.8 Å². The van der Waals surface area contributed by atoms with E-state index in [2.05, 4.69) is 33.2 Å². The molecule has 0 spiro atoms. The van der Waals surface area contributed by atoms with Crippen molar-refractivity contribution in [3.8, 4) is 0 Å². The van der Waals surface area contributed by atoms with Gasteiger partial charge in [0, 0.05) is 20.0 Å². The molecular weight excluding hydrogens is 523 g/mol. The topological polar surface area (TPSA) is 75.3 Å². The van der Waals surface area contributed by atoms with Crippen molar-refractivity contribution < 1.29 is 13.2 Å². The van der Waals surface area contributed by atoms with Crippen LogP contribution in [0.1, 0.15) is 11.1 Å². The minimum atomic E-state index is -3.59. The number of sulfone groups is 1. The van der Waals surface area contributed by atoms with Gasteiger partial charge in [0.25, 0.3) is 0 Å². The van der Waals surface area contributed by atoms with E-state index in [1.807, 2.05) is 12.1 Å². The summed E-state index contributed by atoms with van der Waals surface area (Å²) >= 11 is 8.04. The summed E-state index contributed by atoms with van der Waals surface area (Å²) < 4.78 is 26.9. The summed E-state index contributed by atoms with van der Waals surface area (Å²) in [5.41, 5.74) is 2.30. The Balaban J connectivity index is 1.77. The first kappa shape index (κ1) is 21.6. The van der Waals surface area contributed by atoms with E-state index in [0.717, 1.165) is 3.57 Å². The van der Waals surface area contributed by atoms with Gasteiger partial charge in [-0.25, -0.2) is 13.2 Å². The van der Waals surface area contributed by atoms with Crippen molar-refractivity contribution in [1.82, 2.24) is 0 Å². The second-order valence-corrected chi connectivity index (χ2v) is 10.1. The minimum Gasteiger partial charge on any atom is -0.308 e. The van der Waals surface area contributed by atoms with Crippen LogP contribution in [0, 0.1) is 10.5 Å². The van der Waals surface area contributed by atoms with Crippen LogP contribution >= 0.6 is 34.2 Å². The molecule has 0 aliphatic carbocycles. The summed E-state index contributed by atoms with van der Waals surface area (Å²) in [7, 11) is -3.59. The van der Waals surface area contributed by atoms with Crippen molar-refractivity contribution >= 4 is 61.4 Å². The monoisotopic (exact) mass is 540 g/mol. The molecule has 0 saturated heterocycles. The Morgan fingerprint density at radius 1 is 0.931 bits per heavy atom. The SMILES string of the molecule is Cc1ccc(NC(=O)Nc2ccc(I)cc2)cc1S(=O)(=O)Cc1ccc(Cl)cc1. The molecule has 150 valence electrons. The lowest BCUT2D eigenvalue weighted by Gasteiger charge is -2.12. The standard InChI is InChI=1S/C21H18ClIN2O3S/c1-14-2-9-19(25-21(26)24-18-10-7-17(23)8-11-18)12-20(14)29(27,28)13-15-3-5-16(22)6-4-15/h2-12H,13H2,1H3,(H2,24,25,26). The molecule has 0 fully saturated rings. The van der Waals surface area contributed by atoms with Crippen molar-refractivity contribution in [2.75, 3.05) is 10.6 Å². The molecule has 8 heteroatoms. The Labute approximate surface area is 188 Å². The van der Waals surface area contributed by atoms with Crippen LogP contribution in [0.5, 0.6) is 0 Å². The number of aryl methyl sites for hydroxylation is 1. The highest BCUT2D eigenvalue weighted by Crippen LogP contribution is 2.24. The maximum atomic E-state index is 12.9. The number of amides is 2. The fourth-order valence-electron chi connectivity index (χ4n) is 2.72. The highest BCUT2D eigenvalue weighted by atomic mass is 127. The van der Waals surface area contributed by atoms with Crippen LogP contribution < -0.4 is 10.6 Å². The van der Waals surface area contributed by atoms with Crippen molar-refractivity contribution in [3.05, 3.63) is 86.4 Å². The molecule has 3 aromatic rings. The predicted molar refractivity (Wildman–Crippen MR) is 125 cm³/mol. The number of hydrogen-bond donors (Lipinski definition) is 2. The molecule has 0 heterocycles. The molecule has 0 aromatic heterocycles. The van der Waals surface area contributed by atoms with E-state index in [1.165, 1.54) is 6.07 Å². The van der Waals surface area contributed by atoms with E-state index in [9.17, 15) is 13.2 Å². The molecule has 0 unspecified atom stereocenters. The highest BCUT2D eigenvalue weighted by Gasteiger charge is 2.19. The number of benzene rings is 3. The number of anilines is 2. The summed E-state index contributed by atoms with van der Waals surface area (Å²) in [6, 6.07) is 18.4. The van der Waals surface area contributed by atoms with Crippen LogP contribution in [0.15, 0.2) is 71.6 Å². The normalized spacial score (nSPS) is 11.1. The van der Waals surface area contributed by atoms with Gasteiger partial charge in [-0.15, -0.1) is 0 Å². The van der Waals surface area contributed by atoms with Gasteiger partial charge in [-0.3, -0.25) is 0 Å². The van der Waals surface area contributed by atoms with E-state index in [1.54, 1.807) is 55.5 Å². The zero-order chi connectivity index (χ0) is 21.0. The molecule has 2 amide bonds. The van der Waals surface area contributed by atoms with Crippen LogP contribution in [-0.2, 0) is 15.6 Å². The second-order valence-electron chi connectivity index (χ2n) is 6.45. The van der Waals surface area contributed by atoms with Gasteiger partial charge in [-0.2, -0.15) is 0 Å². The molecule has 0 aliphatic rings. The Hall–Kier alpha value is -2.10. The molecule has 0 atom stereocenters. The summed E-state index contributed by atoms with van der Waals surface area (Å²) in [5, 5.41) is 5.95. The summed E-state index contributed by atoms with van der Waals surface area (Å²) in [4.78, 5) is 12.4. The molecule has 0 saturated carbocycles. The van der Waals surface area contributed by atoms with Crippen LogP contribution in [0.4, 0.5) is 16.2 Å². The van der Waals surface area contributed by atoms with Crippen molar-refractivity contribution in [3.63, 3.8) is 0 Å². The average molecular weight is 541 g/mol. The van der Waals surface area contributed by atoms with Crippen molar-refractivity contribution in [2.45, 2.75) is 17.6 Å². The lowest BCUT2D eigenvalue weighted by Crippen LogP contribution is -2.19. The molecule has 3 rings (SSSR count). The first-order chi connectivity index (χ1) is 13.7. The Kier molecular flexibility index (Phi) is 6.81. The number of urea groups is 1. The van der Waals surface area contributed by atoms with E-state index in [-0.39, 0.29) is 10.6 Å². The summed E-state index contributed by atoms with van der Waals surface area (Å²) in [6.07, 6.45) is 0. The molecule has 0 radical (unpaired) electrons. The maximum Gasteiger partial charge on any atom is 0.323 e. The first-order valence-corrected chi connectivity index (χ1v) is 11.8. The molecule has 3 aromatic carbocycles. The minimum absolute atomic E-state index is 0.149. The third-order valence-electron chi connectivity index (χ3n) is 4.15. The lowest BCUT2D eigenvalue weighted by atomic mass is 10.2. The molecule has 0 bridgehead atoms. The summed E-state index contributed by atoms with van der Waals surface area (Å²) in [6.45, 7) is 1.73. The molecule has 29 heavy (non-hydrogen) atoms. The number of halogens is 2. The fraction of sp³-hybridized carbons (Fsp3) is 0.0952. The van der Waals surface area contributed by atoms with E-state index in [0.29, 0.717) is 27.5 Å². The zero-order valence-corrected chi connectivity index (χ0v) is 19.2. The number of rotatable bonds is 5. The first-order valence-electron chi connectivity index (χ1n) is 8.64. The molecule has 0 aliphatic heterocycles. The Morgan fingerprint density at radius 3 is 2.17 bits per heavy atom. The van der Waals surface area contributed by atoms with Gasteiger partial charge >= 0.3 is 6.03 Å². The van der Waals surface area contributed by atoms with Crippen LogP contribution in [0.3, 0.4) is 0 Å². The van der Waals surface area contributed by atoms with E-state index < -0.39 is 15.9 Å².